The number of aromatic nitrogens is 2. The van der Waals surface area contributed by atoms with E-state index in [1.54, 1.807) is 11.3 Å². The Hall–Kier alpha value is -1.09. The van der Waals surface area contributed by atoms with Gasteiger partial charge in [0.1, 0.15) is 0 Å². The van der Waals surface area contributed by atoms with Crippen molar-refractivity contribution in [3.05, 3.63) is 29.8 Å². The molecular formula is C9H10N2S. The Morgan fingerprint density at radius 3 is 3.08 bits per heavy atom. The number of hydrogen-bond acceptors (Lipinski definition) is 2. The fourth-order valence-electron chi connectivity index (χ4n) is 1.22. The molecular weight excluding hydrogens is 168 g/mol. The number of aryl methyl sites for hydroxylation is 1. The van der Waals surface area contributed by atoms with Crippen molar-refractivity contribution in [2.75, 3.05) is 0 Å². The summed E-state index contributed by atoms with van der Waals surface area (Å²) in [5.74, 6) is 0. The van der Waals surface area contributed by atoms with Gasteiger partial charge in [0.15, 0.2) is 0 Å². The van der Waals surface area contributed by atoms with Crippen molar-refractivity contribution in [3.63, 3.8) is 0 Å². The van der Waals surface area contributed by atoms with Crippen molar-refractivity contribution in [1.82, 2.24) is 9.78 Å². The molecule has 2 nitrogen and oxygen atoms in total. The lowest BCUT2D eigenvalue weighted by Gasteiger charge is -2.00. The molecule has 0 aliphatic heterocycles. The molecule has 62 valence electrons. The maximum atomic E-state index is 4.21. The van der Waals surface area contributed by atoms with Crippen LogP contribution in [0.1, 0.15) is 6.92 Å². The van der Waals surface area contributed by atoms with Gasteiger partial charge < -0.3 is 0 Å². The van der Waals surface area contributed by atoms with E-state index >= 15 is 0 Å². The Morgan fingerprint density at radius 2 is 2.42 bits per heavy atom. The summed E-state index contributed by atoms with van der Waals surface area (Å²) >= 11 is 1.75. The van der Waals surface area contributed by atoms with Crippen LogP contribution in [0.4, 0.5) is 0 Å². The maximum Gasteiger partial charge on any atom is 0.0781 e. The minimum atomic E-state index is 0.931. The molecule has 2 aromatic heterocycles. The molecule has 0 aromatic carbocycles. The van der Waals surface area contributed by atoms with Gasteiger partial charge >= 0.3 is 0 Å². The normalized spacial score (nSPS) is 10.4. The first kappa shape index (κ1) is 7.55. The lowest BCUT2D eigenvalue weighted by molar-refractivity contribution is 0.668. The molecule has 0 spiro atoms. The van der Waals surface area contributed by atoms with Gasteiger partial charge in [-0.3, -0.25) is 4.68 Å². The summed E-state index contributed by atoms with van der Waals surface area (Å²) in [4.78, 5) is 1.29. The molecule has 0 saturated heterocycles. The Morgan fingerprint density at radius 1 is 1.50 bits per heavy atom. The fraction of sp³-hybridized carbons (Fsp3) is 0.222. The topological polar surface area (TPSA) is 17.8 Å². The monoisotopic (exact) mass is 178 g/mol. The molecule has 0 N–H and O–H groups in total. The number of rotatable bonds is 2. The molecule has 2 aromatic rings. The van der Waals surface area contributed by atoms with Gasteiger partial charge in [-0.25, -0.2) is 0 Å². The summed E-state index contributed by atoms with van der Waals surface area (Å²) in [6.07, 6.45) is 1.85. The van der Waals surface area contributed by atoms with Crippen LogP contribution in [0.2, 0.25) is 0 Å². The van der Waals surface area contributed by atoms with Crippen LogP contribution in [0.15, 0.2) is 29.8 Å². The average molecular weight is 178 g/mol. The van der Waals surface area contributed by atoms with Crippen molar-refractivity contribution >= 4 is 11.3 Å². The van der Waals surface area contributed by atoms with Crippen LogP contribution in [0, 0.1) is 0 Å². The van der Waals surface area contributed by atoms with Crippen molar-refractivity contribution in [2.45, 2.75) is 13.5 Å². The van der Waals surface area contributed by atoms with Crippen LogP contribution >= 0.6 is 11.3 Å². The SMILES string of the molecule is CCn1nccc1-c1cccs1. The van der Waals surface area contributed by atoms with Gasteiger partial charge in [0.25, 0.3) is 0 Å². The first-order valence-electron chi connectivity index (χ1n) is 3.97. The van der Waals surface area contributed by atoms with Crippen molar-refractivity contribution in [2.24, 2.45) is 0 Å². The molecule has 0 bridgehead atoms. The summed E-state index contributed by atoms with van der Waals surface area (Å²) in [6.45, 7) is 3.03. The van der Waals surface area contributed by atoms with Gasteiger partial charge in [-0.1, -0.05) is 6.07 Å². The molecule has 0 fully saturated rings. The quantitative estimate of drug-likeness (QED) is 0.691. The molecule has 0 amide bonds. The van der Waals surface area contributed by atoms with Crippen LogP contribution in [0.3, 0.4) is 0 Å². The number of hydrogen-bond donors (Lipinski definition) is 0. The van der Waals surface area contributed by atoms with Crippen LogP contribution < -0.4 is 0 Å². The molecule has 0 aliphatic carbocycles. The third-order valence-electron chi connectivity index (χ3n) is 1.79. The highest BCUT2D eigenvalue weighted by molar-refractivity contribution is 7.13. The predicted molar refractivity (Wildman–Crippen MR) is 51.2 cm³/mol. The van der Waals surface area contributed by atoms with Crippen molar-refractivity contribution in [1.29, 1.82) is 0 Å². The van der Waals surface area contributed by atoms with Gasteiger partial charge in [-0.15, -0.1) is 11.3 Å². The standard InChI is InChI=1S/C9H10N2S/c1-2-11-8(5-6-10-11)9-4-3-7-12-9/h3-7H,2H2,1H3. The van der Waals surface area contributed by atoms with E-state index < -0.39 is 0 Å². The highest BCUT2D eigenvalue weighted by Crippen LogP contribution is 2.23. The predicted octanol–water partition coefficient (Wildman–Crippen LogP) is 2.63. The van der Waals surface area contributed by atoms with Gasteiger partial charge in [0.2, 0.25) is 0 Å². The van der Waals surface area contributed by atoms with Crippen LogP contribution in [-0.4, -0.2) is 9.78 Å². The third-order valence-corrected chi connectivity index (χ3v) is 2.68. The lowest BCUT2D eigenvalue weighted by Crippen LogP contribution is -1.97. The number of nitrogens with zero attached hydrogens (tertiary/aromatic N) is 2. The van der Waals surface area contributed by atoms with Gasteiger partial charge in [-0.2, -0.15) is 5.10 Å². The smallest absolute Gasteiger partial charge is 0.0781 e. The largest absolute Gasteiger partial charge is 0.264 e. The second-order valence-corrected chi connectivity index (χ2v) is 3.46. The van der Waals surface area contributed by atoms with Crippen LogP contribution in [0.25, 0.3) is 10.6 Å². The Balaban J connectivity index is 2.46. The third kappa shape index (κ3) is 1.16. The minimum Gasteiger partial charge on any atom is -0.264 e. The Bertz CT molecular complexity index is 348. The minimum absolute atomic E-state index is 0.931. The molecule has 0 unspecified atom stereocenters. The molecule has 3 heteroatoms. The molecule has 12 heavy (non-hydrogen) atoms. The fourth-order valence-corrected chi connectivity index (χ4v) is 1.97. The number of thiophene rings is 1. The zero-order chi connectivity index (χ0) is 8.39. The van der Waals surface area contributed by atoms with E-state index in [9.17, 15) is 0 Å². The van der Waals surface area contributed by atoms with E-state index in [0.717, 1.165) is 6.54 Å². The summed E-state index contributed by atoms with van der Waals surface area (Å²) in [6, 6.07) is 6.23. The van der Waals surface area contributed by atoms with Gasteiger partial charge in [-0.05, 0) is 24.4 Å². The lowest BCUT2D eigenvalue weighted by atomic mass is 10.3. The zero-order valence-corrected chi connectivity index (χ0v) is 7.71. The summed E-state index contributed by atoms with van der Waals surface area (Å²) in [5, 5.41) is 6.30. The van der Waals surface area contributed by atoms with Crippen molar-refractivity contribution < 1.29 is 0 Å². The van der Waals surface area contributed by atoms with E-state index in [2.05, 4.69) is 35.6 Å². The zero-order valence-electron chi connectivity index (χ0n) is 6.90. The van der Waals surface area contributed by atoms with E-state index in [1.165, 1.54) is 10.6 Å². The van der Waals surface area contributed by atoms with E-state index in [1.807, 2.05) is 10.9 Å². The molecule has 2 heterocycles. The second-order valence-electron chi connectivity index (χ2n) is 2.51. The van der Waals surface area contributed by atoms with E-state index in [-0.39, 0.29) is 0 Å². The van der Waals surface area contributed by atoms with Gasteiger partial charge in [0.05, 0.1) is 10.6 Å². The van der Waals surface area contributed by atoms with E-state index in [0.29, 0.717) is 0 Å². The molecule has 0 aliphatic rings. The van der Waals surface area contributed by atoms with Crippen molar-refractivity contribution in [3.8, 4) is 10.6 Å². The van der Waals surface area contributed by atoms with Gasteiger partial charge in [0, 0.05) is 12.7 Å². The summed E-state index contributed by atoms with van der Waals surface area (Å²) < 4.78 is 2.01. The molecule has 2 rings (SSSR count). The second kappa shape index (κ2) is 3.11. The summed E-state index contributed by atoms with van der Waals surface area (Å²) in [7, 11) is 0. The molecule has 0 saturated carbocycles. The van der Waals surface area contributed by atoms with Crippen LogP contribution in [0.5, 0.6) is 0 Å². The first-order chi connectivity index (χ1) is 5.92. The summed E-state index contributed by atoms with van der Waals surface area (Å²) in [5.41, 5.74) is 1.22. The highest BCUT2D eigenvalue weighted by Gasteiger charge is 2.03. The Kier molecular flexibility index (Phi) is 1.96. The Labute approximate surface area is 75.5 Å². The molecule has 0 atom stereocenters. The highest BCUT2D eigenvalue weighted by atomic mass is 32.1. The molecule has 0 radical (unpaired) electrons. The average Bonchev–Trinajstić information content (AvgIpc) is 2.74. The maximum absolute atomic E-state index is 4.21. The first-order valence-corrected chi connectivity index (χ1v) is 4.85. The van der Waals surface area contributed by atoms with E-state index in [4.69, 9.17) is 0 Å². The van der Waals surface area contributed by atoms with Crippen LogP contribution in [-0.2, 0) is 6.54 Å².